The van der Waals surface area contributed by atoms with E-state index >= 15 is 0 Å². The number of nitrogens with one attached hydrogen (secondary N) is 1. The van der Waals surface area contributed by atoms with Gasteiger partial charge in [-0.1, -0.05) is 19.4 Å². The lowest BCUT2D eigenvalue weighted by atomic mass is 10.1. The molecule has 1 aromatic carbocycles. The van der Waals surface area contributed by atoms with Gasteiger partial charge in [-0.3, -0.25) is 4.79 Å². The summed E-state index contributed by atoms with van der Waals surface area (Å²) >= 11 is 1.68. The number of amides is 3. The molecule has 0 spiro atoms. The van der Waals surface area contributed by atoms with Crippen LogP contribution in [0.5, 0.6) is 11.5 Å². The Bertz CT molecular complexity index is 965. The van der Waals surface area contributed by atoms with Crippen LogP contribution in [0.4, 0.5) is 4.79 Å². The molecule has 0 unspecified atom stereocenters. The molecule has 0 bridgehead atoms. The number of aryl methyl sites for hydroxylation is 1. The Balaban J connectivity index is 2.14. The van der Waals surface area contributed by atoms with Gasteiger partial charge in [-0.15, -0.1) is 11.3 Å². The van der Waals surface area contributed by atoms with Crippen LogP contribution in [0.25, 0.3) is 0 Å². The molecule has 0 aliphatic carbocycles. The standard InChI is InChI=1S/C28H43N3O5S/c1-6-8-15-29-28(33)31(16-9-18-36-7-2)21-27(32)30(20-24-12-10-22(3)37-24)17-14-23-11-13-25(34-4)26(19-23)35-5/h10-13,19H,6-9,14-18,20-21H2,1-5H3,(H,29,33). The zero-order chi connectivity index (χ0) is 27.0. The quantitative estimate of drug-likeness (QED) is 0.293. The number of methoxy groups -OCH3 is 2. The van der Waals surface area contributed by atoms with Crippen LogP contribution in [-0.2, 0) is 22.5 Å². The van der Waals surface area contributed by atoms with Crippen molar-refractivity contribution in [1.82, 2.24) is 15.1 Å². The van der Waals surface area contributed by atoms with E-state index in [-0.39, 0.29) is 18.5 Å². The SMILES string of the molecule is CCCCNC(=O)N(CCCOCC)CC(=O)N(CCc1ccc(OC)c(OC)c1)Cc1ccc(C)s1. The van der Waals surface area contributed by atoms with Crippen LogP contribution in [-0.4, -0.2) is 75.4 Å². The number of urea groups is 1. The Morgan fingerprint density at radius 1 is 0.973 bits per heavy atom. The van der Waals surface area contributed by atoms with Crippen molar-refractivity contribution >= 4 is 23.3 Å². The molecule has 1 heterocycles. The van der Waals surface area contributed by atoms with Gasteiger partial charge in [0.1, 0.15) is 6.54 Å². The second-order valence-corrected chi connectivity index (χ2v) is 10.2. The topological polar surface area (TPSA) is 80.3 Å². The van der Waals surface area contributed by atoms with Crippen LogP contribution in [0.3, 0.4) is 0 Å². The van der Waals surface area contributed by atoms with Gasteiger partial charge in [-0.2, -0.15) is 0 Å². The van der Waals surface area contributed by atoms with Crippen molar-refractivity contribution in [3.05, 3.63) is 45.6 Å². The number of nitrogens with zero attached hydrogens (tertiary/aromatic N) is 2. The molecule has 2 aromatic rings. The zero-order valence-electron chi connectivity index (χ0n) is 23.0. The smallest absolute Gasteiger partial charge is 0.317 e. The van der Waals surface area contributed by atoms with E-state index in [2.05, 4.69) is 31.3 Å². The molecule has 206 valence electrons. The summed E-state index contributed by atoms with van der Waals surface area (Å²) in [4.78, 5) is 32.2. The largest absolute Gasteiger partial charge is 0.493 e. The molecular weight excluding hydrogens is 490 g/mol. The second kappa shape index (κ2) is 16.9. The van der Waals surface area contributed by atoms with E-state index in [9.17, 15) is 9.59 Å². The Hall–Kier alpha value is -2.78. The molecule has 2 rings (SSSR count). The van der Waals surface area contributed by atoms with E-state index in [1.54, 1.807) is 30.5 Å². The van der Waals surface area contributed by atoms with Crippen molar-refractivity contribution in [2.45, 2.75) is 53.0 Å². The van der Waals surface area contributed by atoms with E-state index < -0.39 is 0 Å². The van der Waals surface area contributed by atoms with Gasteiger partial charge in [0.15, 0.2) is 11.5 Å². The summed E-state index contributed by atoms with van der Waals surface area (Å²) < 4.78 is 16.2. The fourth-order valence-electron chi connectivity index (χ4n) is 3.85. The molecule has 3 amide bonds. The molecule has 0 atom stereocenters. The van der Waals surface area contributed by atoms with E-state index in [0.717, 1.165) is 23.3 Å². The van der Waals surface area contributed by atoms with Gasteiger partial charge in [-0.25, -0.2) is 4.79 Å². The van der Waals surface area contributed by atoms with Gasteiger partial charge < -0.3 is 29.3 Å². The zero-order valence-corrected chi connectivity index (χ0v) is 23.8. The van der Waals surface area contributed by atoms with E-state index in [1.807, 2.05) is 30.0 Å². The number of ether oxygens (including phenoxy) is 3. The Morgan fingerprint density at radius 2 is 1.76 bits per heavy atom. The first-order valence-corrected chi connectivity index (χ1v) is 13.9. The maximum atomic E-state index is 13.6. The summed E-state index contributed by atoms with van der Waals surface area (Å²) in [7, 11) is 3.22. The van der Waals surface area contributed by atoms with Crippen molar-refractivity contribution in [3.63, 3.8) is 0 Å². The summed E-state index contributed by atoms with van der Waals surface area (Å²) in [5, 5.41) is 2.95. The van der Waals surface area contributed by atoms with Crippen LogP contribution in [0.1, 0.15) is 48.4 Å². The fraction of sp³-hybridized carbons (Fsp3) is 0.571. The predicted molar refractivity (Wildman–Crippen MR) is 149 cm³/mol. The lowest BCUT2D eigenvalue weighted by Crippen LogP contribution is -2.47. The highest BCUT2D eigenvalue weighted by molar-refractivity contribution is 7.11. The summed E-state index contributed by atoms with van der Waals surface area (Å²) in [6.45, 7) is 9.40. The van der Waals surface area contributed by atoms with E-state index in [0.29, 0.717) is 63.7 Å². The number of carbonyl (C=O) groups excluding carboxylic acids is 2. The number of benzene rings is 1. The number of hydrogen-bond donors (Lipinski definition) is 1. The minimum atomic E-state index is -0.204. The van der Waals surface area contributed by atoms with Crippen LogP contribution >= 0.6 is 11.3 Å². The van der Waals surface area contributed by atoms with Crippen LogP contribution in [0.15, 0.2) is 30.3 Å². The third-order valence-corrected chi connectivity index (χ3v) is 6.94. The number of hydrogen-bond acceptors (Lipinski definition) is 6. The summed E-state index contributed by atoms with van der Waals surface area (Å²) in [6, 6.07) is 9.74. The summed E-state index contributed by atoms with van der Waals surface area (Å²) in [5.41, 5.74) is 1.05. The Morgan fingerprint density at radius 3 is 2.41 bits per heavy atom. The van der Waals surface area contributed by atoms with E-state index in [4.69, 9.17) is 14.2 Å². The van der Waals surface area contributed by atoms with Gasteiger partial charge in [0.2, 0.25) is 5.91 Å². The van der Waals surface area contributed by atoms with Gasteiger partial charge in [0, 0.05) is 42.6 Å². The maximum Gasteiger partial charge on any atom is 0.317 e. The molecule has 9 heteroatoms. The highest BCUT2D eigenvalue weighted by atomic mass is 32.1. The maximum absolute atomic E-state index is 13.6. The van der Waals surface area contributed by atoms with E-state index in [1.165, 1.54) is 4.88 Å². The minimum Gasteiger partial charge on any atom is -0.493 e. The lowest BCUT2D eigenvalue weighted by molar-refractivity contribution is -0.132. The van der Waals surface area contributed by atoms with Crippen LogP contribution in [0, 0.1) is 6.92 Å². The Kier molecular flexibility index (Phi) is 13.9. The first-order chi connectivity index (χ1) is 17.9. The van der Waals surface area contributed by atoms with Gasteiger partial charge in [-0.05, 0) is 62.9 Å². The highest BCUT2D eigenvalue weighted by Gasteiger charge is 2.22. The molecular formula is C28H43N3O5S. The van der Waals surface area contributed by atoms with Crippen molar-refractivity contribution in [2.75, 3.05) is 53.6 Å². The van der Waals surface area contributed by atoms with Crippen LogP contribution < -0.4 is 14.8 Å². The first kappa shape index (κ1) is 30.4. The Labute approximate surface area is 225 Å². The third kappa shape index (κ3) is 10.6. The van der Waals surface area contributed by atoms with Crippen molar-refractivity contribution < 1.29 is 23.8 Å². The van der Waals surface area contributed by atoms with Crippen molar-refractivity contribution in [2.24, 2.45) is 0 Å². The molecule has 0 aliphatic heterocycles. The molecule has 8 nitrogen and oxygen atoms in total. The predicted octanol–water partition coefficient (Wildman–Crippen LogP) is 4.88. The molecule has 1 N–H and O–H groups in total. The van der Waals surface area contributed by atoms with Gasteiger partial charge in [0.25, 0.3) is 0 Å². The van der Waals surface area contributed by atoms with Crippen molar-refractivity contribution in [1.29, 1.82) is 0 Å². The molecule has 0 saturated carbocycles. The monoisotopic (exact) mass is 533 g/mol. The first-order valence-electron chi connectivity index (χ1n) is 13.1. The third-order valence-electron chi connectivity index (χ3n) is 5.95. The molecule has 0 fully saturated rings. The fourth-order valence-corrected chi connectivity index (χ4v) is 4.76. The number of thiophene rings is 1. The molecule has 0 aliphatic rings. The number of carbonyl (C=O) groups is 2. The van der Waals surface area contributed by atoms with Gasteiger partial charge >= 0.3 is 6.03 Å². The average molecular weight is 534 g/mol. The van der Waals surface area contributed by atoms with Crippen molar-refractivity contribution in [3.8, 4) is 11.5 Å². The minimum absolute atomic E-state index is 0.0281. The highest BCUT2D eigenvalue weighted by Crippen LogP contribution is 2.28. The number of unbranched alkanes of at least 4 members (excludes halogenated alkanes) is 1. The lowest BCUT2D eigenvalue weighted by Gasteiger charge is -2.28. The molecule has 0 radical (unpaired) electrons. The average Bonchev–Trinajstić information content (AvgIpc) is 3.32. The molecule has 37 heavy (non-hydrogen) atoms. The van der Waals surface area contributed by atoms with Gasteiger partial charge in [0.05, 0.1) is 20.8 Å². The normalized spacial score (nSPS) is 10.7. The molecule has 1 aromatic heterocycles. The number of rotatable bonds is 17. The van der Waals surface area contributed by atoms with Crippen LogP contribution in [0.2, 0.25) is 0 Å². The summed E-state index contributed by atoms with van der Waals surface area (Å²) in [5.74, 6) is 1.26. The summed E-state index contributed by atoms with van der Waals surface area (Å²) in [6.07, 6.45) is 3.23. The molecule has 0 saturated heterocycles. The second-order valence-electron chi connectivity index (χ2n) is 8.82.